The highest BCUT2D eigenvalue weighted by molar-refractivity contribution is 5.99. The summed E-state index contributed by atoms with van der Waals surface area (Å²) in [5.74, 6) is -0.732. The van der Waals surface area contributed by atoms with Crippen LogP contribution in [0.3, 0.4) is 0 Å². The third-order valence-electron chi connectivity index (χ3n) is 4.59. The summed E-state index contributed by atoms with van der Waals surface area (Å²) >= 11 is 0. The third-order valence-corrected chi connectivity index (χ3v) is 4.59. The number of carbonyl (C=O) groups is 1. The molecule has 0 aliphatic carbocycles. The topological polar surface area (TPSA) is 89.3 Å². The molecule has 32 heavy (non-hydrogen) atoms. The van der Waals surface area contributed by atoms with Crippen LogP contribution in [0, 0.1) is 0 Å². The first-order valence-corrected chi connectivity index (χ1v) is 9.79. The molecule has 0 saturated carbocycles. The van der Waals surface area contributed by atoms with E-state index >= 15 is 0 Å². The van der Waals surface area contributed by atoms with E-state index in [9.17, 15) is 22.4 Å². The molecule has 7 nitrogen and oxygen atoms in total. The number of nitrogens with one attached hydrogen (secondary N) is 1. The van der Waals surface area contributed by atoms with Crippen molar-refractivity contribution in [1.29, 1.82) is 0 Å². The normalized spacial score (nSPS) is 13.9. The molecule has 11 heteroatoms. The van der Waals surface area contributed by atoms with Crippen molar-refractivity contribution in [1.82, 2.24) is 20.1 Å². The monoisotopic (exact) mass is 454 g/mol. The van der Waals surface area contributed by atoms with E-state index < -0.39 is 31.1 Å². The smallest absolute Gasteiger partial charge is 0.410 e. The SMILES string of the molecule is CC(F)Oc1cccc(-c2nn(C(C)C)c3cc(C(=O)NC(CO)C(F)(F)F)cnc23)c1. The minimum Gasteiger partial charge on any atom is -0.461 e. The van der Waals surface area contributed by atoms with Crippen LogP contribution in [0.2, 0.25) is 0 Å². The number of fused-ring (bicyclic) bond motifs is 1. The zero-order valence-corrected chi connectivity index (χ0v) is 17.5. The third kappa shape index (κ3) is 4.98. The lowest BCUT2D eigenvalue weighted by Crippen LogP contribution is -2.47. The predicted molar refractivity (Wildman–Crippen MR) is 109 cm³/mol. The number of carbonyl (C=O) groups excluding carboxylic acids is 1. The lowest BCUT2D eigenvalue weighted by atomic mass is 10.1. The molecule has 0 radical (unpaired) electrons. The molecule has 3 rings (SSSR count). The van der Waals surface area contributed by atoms with Crippen LogP contribution in [-0.4, -0.2) is 51.0 Å². The molecule has 1 amide bonds. The molecule has 0 fully saturated rings. The van der Waals surface area contributed by atoms with Gasteiger partial charge in [-0.05, 0) is 32.0 Å². The average molecular weight is 454 g/mol. The minimum absolute atomic E-state index is 0.114. The van der Waals surface area contributed by atoms with Crippen molar-refractivity contribution in [2.24, 2.45) is 0 Å². The van der Waals surface area contributed by atoms with E-state index in [1.807, 2.05) is 13.8 Å². The highest BCUT2D eigenvalue weighted by atomic mass is 19.4. The summed E-state index contributed by atoms with van der Waals surface area (Å²) in [6.45, 7) is 3.66. The number of halogens is 4. The van der Waals surface area contributed by atoms with Crippen LogP contribution in [0.15, 0.2) is 36.5 Å². The van der Waals surface area contributed by atoms with Gasteiger partial charge in [-0.1, -0.05) is 12.1 Å². The summed E-state index contributed by atoms with van der Waals surface area (Å²) in [7, 11) is 0. The number of aliphatic hydroxyl groups excluding tert-OH is 1. The minimum atomic E-state index is -4.79. The Bertz CT molecular complexity index is 1110. The van der Waals surface area contributed by atoms with Crippen molar-refractivity contribution >= 4 is 16.9 Å². The molecular formula is C21H22F4N4O3. The Morgan fingerprint density at radius 3 is 2.56 bits per heavy atom. The highest BCUT2D eigenvalue weighted by Gasteiger charge is 2.40. The molecule has 2 aromatic heterocycles. The first-order chi connectivity index (χ1) is 15.0. The van der Waals surface area contributed by atoms with E-state index in [4.69, 9.17) is 9.84 Å². The van der Waals surface area contributed by atoms with Crippen LogP contribution in [0.4, 0.5) is 17.6 Å². The maximum atomic E-state index is 13.2. The van der Waals surface area contributed by atoms with Crippen molar-refractivity contribution in [3.63, 3.8) is 0 Å². The first kappa shape index (κ1) is 23.5. The Morgan fingerprint density at radius 2 is 1.97 bits per heavy atom. The number of aliphatic hydroxyl groups is 1. The van der Waals surface area contributed by atoms with Crippen LogP contribution in [0.1, 0.15) is 37.2 Å². The number of pyridine rings is 1. The number of nitrogens with zero attached hydrogens (tertiary/aromatic N) is 3. The lowest BCUT2D eigenvalue weighted by molar-refractivity contribution is -0.161. The van der Waals surface area contributed by atoms with Crippen LogP contribution in [0.25, 0.3) is 22.3 Å². The summed E-state index contributed by atoms with van der Waals surface area (Å²) in [6, 6.07) is 5.44. The summed E-state index contributed by atoms with van der Waals surface area (Å²) in [6.07, 6.45) is -5.16. The van der Waals surface area contributed by atoms with Crippen LogP contribution >= 0.6 is 0 Å². The van der Waals surface area contributed by atoms with Gasteiger partial charge in [0, 0.05) is 24.7 Å². The van der Waals surface area contributed by atoms with Crippen LogP contribution in [0.5, 0.6) is 5.75 Å². The molecule has 3 aromatic rings. The predicted octanol–water partition coefficient (Wildman–Crippen LogP) is 4.03. The number of hydrogen-bond acceptors (Lipinski definition) is 5. The molecular weight excluding hydrogens is 432 g/mol. The molecule has 0 aliphatic heterocycles. The van der Waals surface area contributed by atoms with E-state index in [0.29, 0.717) is 28.0 Å². The van der Waals surface area contributed by atoms with Gasteiger partial charge in [0.1, 0.15) is 23.0 Å². The zero-order valence-electron chi connectivity index (χ0n) is 17.5. The quantitative estimate of drug-likeness (QED) is 0.527. The fourth-order valence-electron chi connectivity index (χ4n) is 3.11. The van der Waals surface area contributed by atoms with Crippen LogP contribution < -0.4 is 10.1 Å². The molecule has 2 atom stereocenters. The molecule has 2 unspecified atom stereocenters. The highest BCUT2D eigenvalue weighted by Crippen LogP contribution is 2.31. The van der Waals surface area contributed by atoms with Crippen LogP contribution in [-0.2, 0) is 0 Å². The van der Waals surface area contributed by atoms with Gasteiger partial charge in [-0.15, -0.1) is 0 Å². The second-order valence-electron chi connectivity index (χ2n) is 7.42. The van der Waals surface area contributed by atoms with Crippen molar-refractivity contribution in [3.05, 3.63) is 42.1 Å². The van der Waals surface area contributed by atoms with E-state index in [0.717, 1.165) is 6.20 Å². The second-order valence-corrected chi connectivity index (χ2v) is 7.42. The Labute approximate surface area is 181 Å². The number of rotatable bonds is 7. The van der Waals surface area contributed by atoms with Gasteiger partial charge in [0.05, 0.1) is 17.7 Å². The van der Waals surface area contributed by atoms with Gasteiger partial charge < -0.3 is 15.2 Å². The van der Waals surface area contributed by atoms with Gasteiger partial charge in [-0.3, -0.25) is 14.5 Å². The van der Waals surface area contributed by atoms with Gasteiger partial charge in [-0.2, -0.15) is 18.3 Å². The molecule has 2 heterocycles. The summed E-state index contributed by atoms with van der Waals surface area (Å²) in [5, 5.41) is 15.3. The Hall–Kier alpha value is -3.21. The molecule has 2 N–H and O–H groups in total. The van der Waals surface area contributed by atoms with Crippen molar-refractivity contribution in [2.45, 2.75) is 45.4 Å². The van der Waals surface area contributed by atoms with E-state index in [2.05, 4.69) is 10.1 Å². The van der Waals surface area contributed by atoms with E-state index in [1.54, 1.807) is 34.3 Å². The second kappa shape index (κ2) is 9.11. The number of benzene rings is 1. The van der Waals surface area contributed by atoms with Gasteiger partial charge in [0.25, 0.3) is 5.91 Å². The molecule has 0 bridgehead atoms. The molecule has 1 aromatic carbocycles. The van der Waals surface area contributed by atoms with Gasteiger partial charge >= 0.3 is 6.18 Å². The molecule has 0 spiro atoms. The van der Waals surface area contributed by atoms with E-state index in [1.165, 1.54) is 13.0 Å². The first-order valence-electron chi connectivity index (χ1n) is 9.79. The van der Waals surface area contributed by atoms with Gasteiger partial charge in [0.2, 0.25) is 6.36 Å². The maximum absolute atomic E-state index is 13.2. The average Bonchev–Trinajstić information content (AvgIpc) is 3.09. The molecule has 0 saturated heterocycles. The van der Waals surface area contributed by atoms with Gasteiger partial charge in [-0.25, -0.2) is 4.39 Å². The van der Waals surface area contributed by atoms with Gasteiger partial charge in [0.15, 0.2) is 0 Å². The van der Waals surface area contributed by atoms with Crippen molar-refractivity contribution < 1.29 is 32.2 Å². The Kier molecular flexibility index (Phi) is 6.68. The van der Waals surface area contributed by atoms with Crippen molar-refractivity contribution in [3.8, 4) is 17.0 Å². The Morgan fingerprint density at radius 1 is 1.25 bits per heavy atom. The van der Waals surface area contributed by atoms with Crippen molar-refractivity contribution in [2.75, 3.05) is 6.61 Å². The number of amides is 1. The molecule has 0 aliphatic rings. The number of ether oxygens (including phenoxy) is 1. The number of alkyl halides is 4. The summed E-state index contributed by atoms with van der Waals surface area (Å²) in [5.41, 5.74) is 1.77. The fourth-order valence-corrected chi connectivity index (χ4v) is 3.11. The Balaban J connectivity index is 2.03. The standard InChI is InChI=1S/C21H22F4N4O3/c1-11(2)29-16-8-14(20(31)27-17(10-30)21(23,24)25)9-26-19(16)18(28-29)13-5-4-6-15(7-13)32-12(3)22/h4-9,11-12,17,30H,10H2,1-3H3,(H,27,31). The summed E-state index contributed by atoms with van der Waals surface area (Å²) < 4.78 is 58.5. The lowest BCUT2D eigenvalue weighted by Gasteiger charge is -2.19. The fraction of sp³-hybridized carbons (Fsp3) is 0.381. The number of aromatic nitrogens is 3. The largest absolute Gasteiger partial charge is 0.461 e. The maximum Gasteiger partial charge on any atom is 0.410 e. The molecule has 172 valence electrons. The summed E-state index contributed by atoms with van der Waals surface area (Å²) in [4.78, 5) is 16.6. The van der Waals surface area contributed by atoms with E-state index in [-0.39, 0.29) is 11.6 Å². The number of hydrogen-bond donors (Lipinski definition) is 2. The zero-order chi connectivity index (χ0) is 23.6.